The molecule has 0 aliphatic heterocycles. The van der Waals surface area contributed by atoms with Gasteiger partial charge in [0, 0.05) is 13.1 Å². The smallest absolute Gasteiger partial charge is 0.323 e. The molecule has 0 atom stereocenters. The first-order valence-corrected chi connectivity index (χ1v) is 5.19. The van der Waals surface area contributed by atoms with E-state index in [0.29, 0.717) is 6.54 Å². The molecule has 0 aliphatic carbocycles. The molecule has 0 spiro atoms. The molecule has 86 valence electrons. The third kappa shape index (κ3) is 2.32. The van der Waals surface area contributed by atoms with Crippen molar-refractivity contribution < 1.29 is 5.11 Å². The van der Waals surface area contributed by atoms with E-state index in [-0.39, 0.29) is 12.3 Å². The van der Waals surface area contributed by atoms with Gasteiger partial charge in [0.05, 0.1) is 17.6 Å². The lowest BCUT2D eigenvalue weighted by Crippen LogP contribution is -2.21. The average Bonchev–Trinajstić information content (AvgIpc) is 2.57. The Morgan fingerprint density at radius 1 is 1.31 bits per heavy atom. The summed E-state index contributed by atoms with van der Waals surface area (Å²) in [4.78, 5) is 18.5. The summed E-state index contributed by atoms with van der Waals surface area (Å²) in [5.41, 5.74) is 2.56. The van der Waals surface area contributed by atoms with Gasteiger partial charge in [0.25, 0.3) is 0 Å². The fourth-order valence-corrected chi connectivity index (χ4v) is 1.74. The van der Waals surface area contributed by atoms with Gasteiger partial charge >= 0.3 is 5.69 Å². The molecule has 0 fully saturated rings. The number of aromatic amines is 2. The van der Waals surface area contributed by atoms with Gasteiger partial charge in [-0.25, -0.2) is 4.79 Å². The maximum atomic E-state index is 11.1. The molecule has 5 nitrogen and oxygen atoms in total. The van der Waals surface area contributed by atoms with E-state index in [9.17, 15) is 4.79 Å². The highest BCUT2D eigenvalue weighted by molar-refractivity contribution is 5.74. The summed E-state index contributed by atoms with van der Waals surface area (Å²) in [5.74, 6) is 0. The summed E-state index contributed by atoms with van der Waals surface area (Å²) in [6, 6.07) is 5.80. The van der Waals surface area contributed by atoms with E-state index in [4.69, 9.17) is 5.11 Å². The number of benzene rings is 1. The predicted molar refractivity (Wildman–Crippen MR) is 62.3 cm³/mol. The molecule has 0 saturated carbocycles. The van der Waals surface area contributed by atoms with Crippen LogP contribution >= 0.6 is 0 Å². The average molecular weight is 221 g/mol. The molecule has 0 saturated heterocycles. The normalized spacial score (nSPS) is 11.4. The quantitative estimate of drug-likeness (QED) is 0.694. The molecule has 0 bridgehead atoms. The SMILES string of the molecule is CN(CCO)Cc1ccc2[nH]c(=O)[nH]c2c1. The van der Waals surface area contributed by atoms with Crippen LogP contribution < -0.4 is 5.69 Å². The Labute approximate surface area is 92.7 Å². The van der Waals surface area contributed by atoms with Crippen LogP contribution in [0.5, 0.6) is 0 Å². The van der Waals surface area contributed by atoms with E-state index in [2.05, 4.69) is 9.97 Å². The number of hydrogen-bond acceptors (Lipinski definition) is 3. The molecule has 2 aromatic rings. The van der Waals surface area contributed by atoms with E-state index >= 15 is 0 Å². The number of rotatable bonds is 4. The lowest BCUT2D eigenvalue weighted by molar-refractivity contribution is 0.217. The van der Waals surface area contributed by atoms with Gasteiger partial charge in [-0.1, -0.05) is 6.07 Å². The van der Waals surface area contributed by atoms with Crippen molar-refractivity contribution in [2.24, 2.45) is 0 Å². The number of nitrogens with one attached hydrogen (secondary N) is 2. The number of imidazole rings is 1. The number of nitrogens with zero attached hydrogens (tertiary/aromatic N) is 1. The van der Waals surface area contributed by atoms with Crippen molar-refractivity contribution in [3.8, 4) is 0 Å². The van der Waals surface area contributed by atoms with E-state index in [1.165, 1.54) is 0 Å². The zero-order valence-electron chi connectivity index (χ0n) is 9.16. The van der Waals surface area contributed by atoms with Crippen LogP contribution in [0.25, 0.3) is 11.0 Å². The van der Waals surface area contributed by atoms with Gasteiger partial charge in [-0.05, 0) is 24.7 Å². The highest BCUT2D eigenvalue weighted by Crippen LogP contribution is 2.11. The first kappa shape index (κ1) is 10.9. The third-order valence-corrected chi connectivity index (χ3v) is 2.51. The summed E-state index contributed by atoms with van der Waals surface area (Å²) < 4.78 is 0. The molecule has 0 radical (unpaired) electrons. The van der Waals surface area contributed by atoms with Gasteiger partial charge < -0.3 is 15.1 Å². The standard InChI is InChI=1S/C11H15N3O2/c1-14(4-5-15)7-8-2-3-9-10(6-8)13-11(16)12-9/h2-3,6,15H,4-5,7H2,1H3,(H2,12,13,16). The van der Waals surface area contributed by atoms with Crippen LogP contribution in [-0.2, 0) is 6.54 Å². The summed E-state index contributed by atoms with van der Waals surface area (Å²) in [5, 5.41) is 8.80. The predicted octanol–water partition coefficient (Wildman–Crippen LogP) is 0.280. The molecule has 1 aromatic carbocycles. The van der Waals surface area contributed by atoms with Crippen molar-refractivity contribution in [3.05, 3.63) is 34.2 Å². The van der Waals surface area contributed by atoms with Crippen molar-refractivity contribution in [3.63, 3.8) is 0 Å². The second-order valence-electron chi connectivity index (χ2n) is 3.92. The van der Waals surface area contributed by atoms with Crippen molar-refractivity contribution in [1.29, 1.82) is 0 Å². The van der Waals surface area contributed by atoms with Crippen LogP contribution in [0.15, 0.2) is 23.0 Å². The lowest BCUT2D eigenvalue weighted by atomic mass is 10.2. The molecular weight excluding hydrogens is 206 g/mol. The zero-order valence-corrected chi connectivity index (χ0v) is 9.16. The molecule has 0 amide bonds. The monoisotopic (exact) mass is 221 g/mol. The van der Waals surface area contributed by atoms with Crippen molar-refractivity contribution >= 4 is 11.0 Å². The molecule has 16 heavy (non-hydrogen) atoms. The topological polar surface area (TPSA) is 72.1 Å². The molecule has 3 N–H and O–H groups in total. The molecule has 0 aliphatic rings. The van der Waals surface area contributed by atoms with Crippen LogP contribution in [0.3, 0.4) is 0 Å². The van der Waals surface area contributed by atoms with Gasteiger partial charge in [-0.2, -0.15) is 0 Å². The summed E-state index contributed by atoms with van der Waals surface area (Å²) in [6.07, 6.45) is 0. The Morgan fingerprint density at radius 3 is 2.81 bits per heavy atom. The highest BCUT2D eigenvalue weighted by Gasteiger charge is 2.02. The largest absolute Gasteiger partial charge is 0.395 e. The van der Waals surface area contributed by atoms with Crippen molar-refractivity contribution in [2.75, 3.05) is 20.2 Å². The molecular formula is C11H15N3O2. The number of H-pyrrole nitrogens is 2. The molecule has 2 rings (SSSR count). The second-order valence-corrected chi connectivity index (χ2v) is 3.92. The first-order valence-electron chi connectivity index (χ1n) is 5.19. The maximum Gasteiger partial charge on any atom is 0.323 e. The van der Waals surface area contributed by atoms with Crippen LogP contribution in [0.2, 0.25) is 0 Å². The lowest BCUT2D eigenvalue weighted by Gasteiger charge is -2.14. The number of aromatic nitrogens is 2. The number of fused-ring (bicyclic) bond motifs is 1. The Bertz CT molecular complexity index is 529. The Morgan fingerprint density at radius 2 is 2.06 bits per heavy atom. The minimum atomic E-state index is -0.184. The van der Waals surface area contributed by atoms with Gasteiger partial charge in [-0.3, -0.25) is 4.90 Å². The van der Waals surface area contributed by atoms with Crippen LogP contribution in [-0.4, -0.2) is 40.2 Å². The highest BCUT2D eigenvalue weighted by atomic mass is 16.3. The van der Waals surface area contributed by atoms with Gasteiger partial charge in [0.1, 0.15) is 0 Å². The van der Waals surface area contributed by atoms with E-state index in [1.54, 1.807) is 0 Å². The van der Waals surface area contributed by atoms with Crippen LogP contribution in [0.4, 0.5) is 0 Å². The number of aliphatic hydroxyl groups excluding tert-OH is 1. The Balaban J connectivity index is 2.22. The zero-order chi connectivity index (χ0) is 11.5. The third-order valence-electron chi connectivity index (χ3n) is 2.51. The first-order chi connectivity index (χ1) is 7.69. The minimum Gasteiger partial charge on any atom is -0.395 e. The summed E-state index contributed by atoms with van der Waals surface area (Å²) >= 11 is 0. The number of aliphatic hydroxyl groups is 1. The minimum absolute atomic E-state index is 0.153. The maximum absolute atomic E-state index is 11.1. The van der Waals surface area contributed by atoms with E-state index < -0.39 is 0 Å². The Hall–Kier alpha value is -1.59. The van der Waals surface area contributed by atoms with Crippen molar-refractivity contribution in [1.82, 2.24) is 14.9 Å². The summed E-state index contributed by atoms with van der Waals surface area (Å²) in [7, 11) is 1.94. The van der Waals surface area contributed by atoms with E-state index in [1.807, 2.05) is 30.1 Å². The van der Waals surface area contributed by atoms with Gasteiger partial charge in [-0.15, -0.1) is 0 Å². The molecule has 1 heterocycles. The summed E-state index contributed by atoms with van der Waals surface area (Å²) in [6.45, 7) is 1.55. The Kier molecular flexibility index (Phi) is 3.07. The number of likely N-dealkylation sites (N-methyl/N-ethyl adjacent to an activating group) is 1. The van der Waals surface area contributed by atoms with Gasteiger partial charge in [0.2, 0.25) is 0 Å². The van der Waals surface area contributed by atoms with Gasteiger partial charge in [0.15, 0.2) is 0 Å². The fraction of sp³-hybridized carbons (Fsp3) is 0.364. The molecule has 0 unspecified atom stereocenters. The molecule has 5 heteroatoms. The molecule has 1 aromatic heterocycles. The second kappa shape index (κ2) is 4.51. The number of hydrogen-bond donors (Lipinski definition) is 3. The van der Waals surface area contributed by atoms with Crippen LogP contribution in [0.1, 0.15) is 5.56 Å². The van der Waals surface area contributed by atoms with Crippen LogP contribution in [0, 0.1) is 0 Å². The van der Waals surface area contributed by atoms with E-state index in [0.717, 1.165) is 23.1 Å². The fourth-order valence-electron chi connectivity index (χ4n) is 1.74. The van der Waals surface area contributed by atoms with Crippen molar-refractivity contribution in [2.45, 2.75) is 6.54 Å².